The molecule has 120 valence electrons. The topological polar surface area (TPSA) is 121 Å². The van der Waals surface area contributed by atoms with Crippen LogP contribution in [0.5, 0.6) is 0 Å². The molecule has 1 rings (SSSR count). The van der Waals surface area contributed by atoms with Crippen LogP contribution >= 0.6 is 0 Å². The van der Waals surface area contributed by atoms with Gasteiger partial charge in [-0.1, -0.05) is 0 Å². The number of aromatic nitrogens is 3. The molecule has 9 nitrogen and oxygen atoms in total. The number of nitrogens with zero attached hydrogens (tertiary/aromatic N) is 4. The van der Waals surface area contributed by atoms with Gasteiger partial charge in [-0.25, -0.2) is 5.84 Å². The molecule has 0 saturated carbocycles. The number of nitrogen functional groups attached to an aromatic ring is 1. The number of aliphatic hydroxyl groups excluding tert-OH is 1. The van der Waals surface area contributed by atoms with Gasteiger partial charge >= 0.3 is 0 Å². The Labute approximate surface area is 124 Å². The number of nitrogens with one attached hydrogen (secondary N) is 2. The van der Waals surface area contributed by atoms with Gasteiger partial charge in [0.05, 0.1) is 12.6 Å². The second-order valence-electron chi connectivity index (χ2n) is 4.41. The predicted octanol–water partition coefficient (Wildman–Crippen LogP) is -0.187. The molecule has 1 aromatic heterocycles. The fourth-order valence-electron chi connectivity index (χ4n) is 1.88. The maximum atomic E-state index is 9.07. The zero-order chi connectivity index (χ0) is 15.7. The highest BCUT2D eigenvalue weighted by Crippen LogP contribution is 2.14. The van der Waals surface area contributed by atoms with Crippen LogP contribution in [-0.4, -0.2) is 59.5 Å². The number of aliphatic hydroxyl groups is 1. The first-order valence-corrected chi connectivity index (χ1v) is 7.02. The monoisotopic (exact) mass is 299 g/mol. The van der Waals surface area contributed by atoms with Crippen molar-refractivity contribution >= 4 is 17.8 Å². The molecule has 0 aliphatic rings. The lowest BCUT2D eigenvalue weighted by molar-refractivity contribution is 0.170. The summed E-state index contributed by atoms with van der Waals surface area (Å²) in [7, 11) is 1.60. The van der Waals surface area contributed by atoms with Crippen LogP contribution < -0.4 is 21.5 Å². The molecule has 0 bridgehead atoms. The zero-order valence-electron chi connectivity index (χ0n) is 12.8. The van der Waals surface area contributed by atoms with Crippen molar-refractivity contribution in [2.75, 3.05) is 49.1 Å². The molecule has 0 aliphatic carbocycles. The van der Waals surface area contributed by atoms with Gasteiger partial charge in [0.2, 0.25) is 17.8 Å². The van der Waals surface area contributed by atoms with E-state index in [2.05, 4.69) is 25.7 Å². The third-order valence-electron chi connectivity index (χ3n) is 2.98. The molecular formula is C12H25N7O2. The third-order valence-corrected chi connectivity index (χ3v) is 2.98. The van der Waals surface area contributed by atoms with Gasteiger partial charge in [0.25, 0.3) is 0 Å². The van der Waals surface area contributed by atoms with Gasteiger partial charge in [-0.15, -0.1) is 0 Å². The van der Waals surface area contributed by atoms with Crippen LogP contribution in [0.1, 0.15) is 20.3 Å². The Morgan fingerprint density at radius 2 is 1.90 bits per heavy atom. The number of hydrazine groups is 1. The van der Waals surface area contributed by atoms with E-state index in [-0.39, 0.29) is 18.6 Å². The maximum absolute atomic E-state index is 9.07. The van der Waals surface area contributed by atoms with Gasteiger partial charge in [0, 0.05) is 26.8 Å². The van der Waals surface area contributed by atoms with Crippen LogP contribution in [-0.2, 0) is 4.74 Å². The molecule has 1 aromatic rings. The van der Waals surface area contributed by atoms with Gasteiger partial charge in [-0.2, -0.15) is 15.0 Å². The number of nitrogens with two attached hydrogens (primary N) is 1. The minimum atomic E-state index is -0.0856. The van der Waals surface area contributed by atoms with E-state index in [9.17, 15) is 0 Å². The van der Waals surface area contributed by atoms with Crippen molar-refractivity contribution in [1.82, 2.24) is 15.0 Å². The molecule has 0 amide bonds. The van der Waals surface area contributed by atoms with E-state index in [1.807, 2.05) is 18.7 Å². The Morgan fingerprint density at radius 3 is 2.43 bits per heavy atom. The minimum absolute atomic E-state index is 0.0526. The number of hydrogen-bond donors (Lipinski definition) is 4. The average molecular weight is 299 g/mol. The largest absolute Gasteiger partial charge is 0.396 e. The number of anilines is 3. The standard InChI is InChI=1S/C12H25N7O2/c1-4-19(5-2)12-16-10(15-11(17-12)18-13)14-9(6-7-20)8-21-3/h9,20H,4-8,13H2,1-3H3,(H2,14,15,16,17,18). The summed E-state index contributed by atoms with van der Waals surface area (Å²) < 4.78 is 5.11. The van der Waals surface area contributed by atoms with E-state index in [0.717, 1.165) is 13.1 Å². The molecule has 21 heavy (non-hydrogen) atoms. The summed E-state index contributed by atoms with van der Waals surface area (Å²) in [5.41, 5.74) is 2.44. The number of rotatable bonds is 10. The quantitative estimate of drug-likeness (QED) is 0.344. The van der Waals surface area contributed by atoms with Crippen LogP contribution in [0.2, 0.25) is 0 Å². The molecule has 5 N–H and O–H groups in total. The van der Waals surface area contributed by atoms with Crippen molar-refractivity contribution in [3.8, 4) is 0 Å². The first-order chi connectivity index (χ1) is 10.2. The van der Waals surface area contributed by atoms with E-state index >= 15 is 0 Å². The predicted molar refractivity (Wildman–Crippen MR) is 82.2 cm³/mol. The summed E-state index contributed by atoms with van der Waals surface area (Å²) in [5, 5.41) is 12.2. The zero-order valence-corrected chi connectivity index (χ0v) is 12.8. The van der Waals surface area contributed by atoms with Gasteiger partial charge in [-0.3, -0.25) is 5.43 Å². The molecule has 9 heteroatoms. The van der Waals surface area contributed by atoms with Gasteiger partial charge in [0.15, 0.2) is 0 Å². The van der Waals surface area contributed by atoms with Crippen molar-refractivity contribution in [2.45, 2.75) is 26.3 Å². The second-order valence-corrected chi connectivity index (χ2v) is 4.41. The van der Waals surface area contributed by atoms with Crippen molar-refractivity contribution in [3.63, 3.8) is 0 Å². The molecule has 1 unspecified atom stereocenters. The first kappa shape index (κ1) is 17.3. The summed E-state index contributed by atoms with van der Waals surface area (Å²) in [6, 6.07) is -0.0856. The lowest BCUT2D eigenvalue weighted by atomic mass is 10.2. The molecule has 0 radical (unpaired) electrons. The normalized spacial score (nSPS) is 12.0. The number of ether oxygens (including phenoxy) is 1. The Kier molecular flexibility index (Phi) is 7.65. The van der Waals surface area contributed by atoms with Crippen LogP contribution in [0.15, 0.2) is 0 Å². The Balaban J connectivity index is 2.96. The van der Waals surface area contributed by atoms with Crippen LogP contribution in [0, 0.1) is 0 Å². The molecule has 0 fully saturated rings. The average Bonchev–Trinajstić information content (AvgIpc) is 2.49. The Hall–Kier alpha value is -1.71. The summed E-state index contributed by atoms with van der Waals surface area (Å²) in [5.74, 6) is 6.64. The van der Waals surface area contributed by atoms with Crippen molar-refractivity contribution in [2.24, 2.45) is 5.84 Å². The molecule has 0 spiro atoms. The molecule has 0 aromatic carbocycles. The fourth-order valence-corrected chi connectivity index (χ4v) is 1.88. The summed E-state index contributed by atoms with van der Waals surface area (Å²) >= 11 is 0. The Bertz CT molecular complexity index is 409. The van der Waals surface area contributed by atoms with Crippen molar-refractivity contribution in [1.29, 1.82) is 0 Å². The van der Waals surface area contributed by atoms with Crippen LogP contribution in [0.3, 0.4) is 0 Å². The highest BCUT2D eigenvalue weighted by atomic mass is 16.5. The van der Waals surface area contributed by atoms with Crippen LogP contribution in [0.25, 0.3) is 0 Å². The lowest BCUT2D eigenvalue weighted by Gasteiger charge is -2.21. The molecule has 1 heterocycles. The summed E-state index contributed by atoms with van der Waals surface area (Å²) in [4.78, 5) is 14.8. The SMILES string of the molecule is CCN(CC)c1nc(NN)nc(NC(CCO)COC)n1. The van der Waals surface area contributed by atoms with Gasteiger partial charge in [-0.05, 0) is 20.3 Å². The summed E-state index contributed by atoms with van der Waals surface area (Å²) in [6.07, 6.45) is 0.533. The smallest absolute Gasteiger partial charge is 0.243 e. The fraction of sp³-hybridized carbons (Fsp3) is 0.750. The van der Waals surface area contributed by atoms with E-state index < -0.39 is 0 Å². The van der Waals surface area contributed by atoms with Crippen molar-refractivity contribution in [3.05, 3.63) is 0 Å². The van der Waals surface area contributed by atoms with Gasteiger partial charge in [0.1, 0.15) is 0 Å². The Morgan fingerprint density at radius 1 is 1.24 bits per heavy atom. The number of hydrogen-bond acceptors (Lipinski definition) is 9. The summed E-state index contributed by atoms with van der Waals surface area (Å²) in [6.45, 7) is 6.10. The van der Waals surface area contributed by atoms with Crippen molar-refractivity contribution < 1.29 is 9.84 Å². The second kappa shape index (κ2) is 9.27. The highest BCUT2D eigenvalue weighted by molar-refractivity contribution is 5.43. The van der Waals surface area contributed by atoms with Gasteiger partial charge < -0.3 is 20.1 Å². The number of methoxy groups -OCH3 is 1. The maximum Gasteiger partial charge on any atom is 0.243 e. The van der Waals surface area contributed by atoms with E-state index in [1.165, 1.54) is 0 Å². The highest BCUT2D eigenvalue weighted by Gasteiger charge is 2.14. The third kappa shape index (κ3) is 5.29. The molecular weight excluding hydrogens is 274 g/mol. The van der Waals surface area contributed by atoms with E-state index in [4.69, 9.17) is 15.7 Å². The minimum Gasteiger partial charge on any atom is -0.396 e. The molecule has 1 atom stereocenters. The molecule has 0 saturated heterocycles. The molecule has 0 aliphatic heterocycles. The van der Waals surface area contributed by atoms with Crippen LogP contribution in [0.4, 0.5) is 17.8 Å². The lowest BCUT2D eigenvalue weighted by Crippen LogP contribution is -2.29. The van der Waals surface area contributed by atoms with E-state index in [0.29, 0.717) is 24.9 Å². The first-order valence-electron chi connectivity index (χ1n) is 7.02. The van der Waals surface area contributed by atoms with E-state index in [1.54, 1.807) is 7.11 Å².